The van der Waals surface area contributed by atoms with Crippen molar-refractivity contribution in [1.82, 2.24) is 9.13 Å². The number of hydrogen-bond acceptors (Lipinski definition) is 2. The van der Waals surface area contributed by atoms with Gasteiger partial charge in [-0.3, -0.25) is 9.13 Å². The SMILES string of the molecule is CCC(C)C(N)c1cc2c(cc1Cl)n(CC)c(=O)n2CC. The van der Waals surface area contributed by atoms with Gasteiger partial charge in [-0.25, -0.2) is 4.79 Å². The largest absolute Gasteiger partial charge is 0.329 e. The molecule has 116 valence electrons. The molecule has 0 saturated carbocycles. The summed E-state index contributed by atoms with van der Waals surface area (Å²) >= 11 is 6.43. The van der Waals surface area contributed by atoms with Crippen molar-refractivity contribution >= 4 is 22.6 Å². The van der Waals surface area contributed by atoms with E-state index in [0.29, 0.717) is 24.0 Å². The Morgan fingerprint density at radius 3 is 2.14 bits per heavy atom. The molecule has 2 unspecified atom stereocenters. The predicted molar refractivity (Wildman–Crippen MR) is 88.9 cm³/mol. The number of hydrogen-bond donors (Lipinski definition) is 1. The normalized spacial score (nSPS) is 14.6. The summed E-state index contributed by atoms with van der Waals surface area (Å²) in [4.78, 5) is 12.4. The first-order chi connectivity index (χ1) is 9.96. The van der Waals surface area contributed by atoms with Crippen LogP contribution in [0.1, 0.15) is 45.7 Å². The highest BCUT2D eigenvalue weighted by Crippen LogP contribution is 2.31. The number of fused-ring (bicyclic) bond motifs is 1. The van der Waals surface area contributed by atoms with E-state index in [1.807, 2.05) is 26.0 Å². The van der Waals surface area contributed by atoms with Gasteiger partial charge in [-0.15, -0.1) is 0 Å². The first-order valence-corrected chi connectivity index (χ1v) is 8.01. The van der Waals surface area contributed by atoms with Crippen LogP contribution in [0.5, 0.6) is 0 Å². The highest BCUT2D eigenvalue weighted by molar-refractivity contribution is 6.32. The zero-order valence-electron chi connectivity index (χ0n) is 13.2. The van der Waals surface area contributed by atoms with E-state index in [1.165, 1.54) is 0 Å². The fourth-order valence-corrected chi connectivity index (χ4v) is 3.06. The molecule has 1 aromatic carbocycles. The molecular formula is C16H24ClN3O. The molecule has 5 heteroatoms. The van der Waals surface area contributed by atoms with E-state index in [-0.39, 0.29) is 11.7 Å². The number of rotatable bonds is 5. The minimum Gasteiger partial charge on any atom is -0.324 e. The molecule has 0 fully saturated rings. The van der Waals surface area contributed by atoms with Gasteiger partial charge in [-0.05, 0) is 37.5 Å². The van der Waals surface area contributed by atoms with Crippen LogP contribution in [0.15, 0.2) is 16.9 Å². The number of benzene rings is 1. The number of nitrogens with zero attached hydrogens (tertiary/aromatic N) is 2. The lowest BCUT2D eigenvalue weighted by Gasteiger charge is -2.20. The molecule has 0 aliphatic heterocycles. The third-order valence-corrected chi connectivity index (χ3v) is 4.71. The van der Waals surface area contributed by atoms with Crippen molar-refractivity contribution in [1.29, 1.82) is 0 Å². The zero-order chi connectivity index (χ0) is 15.7. The Bertz CT molecular complexity index is 702. The van der Waals surface area contributed by atoms with Crippen LogP contribution in [0.25, 0.3) is 11.0 Å². The Hall–Kier alpha value is -1.26. The maximum atomic E-state index is 12.4. The number of imidazole rings is 1. The maximum absolute atomic E-state index is 12.4. The van der Waals surface area contributed by atoms with Crippen molar-refractivity contribution in [2.45, 2.75) is 53.2 Å². The van der Waals surface area contributed by atoms with E-state index >= 15 is 0 Å². The minimum atomic E-state index is -0.114. The molecule has 21 heavy (non-hydrogen) atoms. The minimum absolute atomic E-state index is 0.0142. The molecule has 0 amide bonds. The lowest BCUT2D eigenvalue weighted by atomic mass is 9.93. The summed E-state index contributed by atoms with van der Waals surface area (Å²) in [6.45, 7) is 9.45. The molecule has 0 spiro atoms. The summed E-state index contributed by atoms with van der Waals surface area (Å²) in [5, 5.41) is 0.644. The van der Waals surface area contributed by atoms with Crippen molar-refractivity contribution in [2.24, 2.45) is 11.7 Å². The van der Waals surface area contributed by atoms with Crippen LogP contribution in [0.4, 0.5) is 0 Å². The molecule has 2 aromatic rings. The molecule has 0 saturated heterocycles. The number of halogens is 1. The maximum Gasteiger partial charge on any atom is 0.329 e. The van der Waals surface area contributed by atoms with Gasteiger partial charge in [0, 0.05) is 24.2 Å². The molecule has 0 aliphatic rings. The van der Waals surface area contributed by atoms with Crippen LogP contribution in [0.3, 0.4) is 0 Å². The molecular weight excluding hydrogens is 286 g/mol. The van der Waals surface area contributed by atoms with Crippen LogP contribution in [-0.4, -0.2) is 9.13 Å². The number of nitrogens with two attached hydrogens (primary N) is 1. The van der Waals surface area contributed by atoms with E-state index in [9.17, 15) is 4.79 Å². The second-order valence-corrected chi connectivity index (χ2v) is 5.95. The van der Waals surface area contributed by atoms with E-state index in [2.05, 4.69) is 13.8 Å². The lowest BCUT2D eigenvalue weighted by Crippen LogP contribution is -2.23. The molecule has 0 aliphatic carbocycles. The van der Waals surface area contributed by atoms with Gasteiger partial charge in [0.25, 0.3) is 0 Å². The summed E-state index contributed by atoms with van der Waals surface area (Å²) in [7, 11) is 0. The molecule has 2 rings (SSSR count). The third kappa shape index (κ3) is 2.62. The Kier molecular flexibility index (Phi) is 4.79. The van der Waals surface area contributed by atoms with Crippen molar-refractivity contribution in [3.63, 3.8) is 0 Å². The summed E-state index contributed by atoms with van der Waals surface area (Å²) in [6, 6.07) is 3.76. The summed E-state index contributed by atoms with van der Waals surface area (Å²) in [5.74, 6) is 0.343. The van der Waals surface area contributed by atoms with Crippen LogP contribution in [0, 0.1) is 5.92 Å². The average molecular weight is 310 g/mol. The van der Waals surface area contributed by atoms with Crippen molar-refractivity contribution in [2.75, 3.05) is 0 Å². The molecule has 0 radical (unpaired) electrons. The van der Waals surface area contributed by atoms with Gasteiger partial charge in [-0.2, -0.15) is 0 Å². The summed E-state index contributed by atoms with van der Waals surface area (Å²) in [5.41, 5.74) is 9.07. The fraction of sp³-hybridized carbons (Fsp3) is 0.562. The molecule has 4 nitrogen and oxygen atoms in total. The van der Waals surface area contributed by atoms with E-state index < -0.39 is 0 Å². The molecule has 2 N–H and O–H groups in total. The van der Waals surface area contributed by atoms with Crippen molar-refractivity contribution < 1.29 is 0 Å². The second kappa shape index (κ2) is 6.24. The highest BCUT2D eigenvalue weighted by atomic mass is 35.5. The monoisotopic (exact) mass is 309 g/mol. The summed E-state index contributed by atoms with van der Waals surface area (Å²) in [6.07, 6.45) is 0.992. The van der Waals surface area contributed by atoms with Gasteiger partial charge in [0.2, 0.25) is 0 Å². The van der Waals surface area contributed by atoms with Gasteiger partial charge in [0.15, 0.2) is 0 Å². The van der Waals surface area contributed by atoms with Gasteiger partial charge in [0.1, 0.15) is 0 Å². The molecule has 2 atom stereocenters. The van der Waals surface area contributed by atoms with Gasteiger partial charge in [0.05, 0.1) is 11.0 Å². The van der Waals surface area contributed by atoms with E-state index in [4.69, 9.17) is 17.3 Å². The van der Waals surface area contributed by atoms with Crippen molar-refractivity contribution in [3.05, 3.63) is 33.2 Å². The Balaban J connectivity index is 2.72. The molecule has 1 heterocycles. The molecule has 0 bridgehead atoms. The van der Waals surface area contributed by atoms with Crippen LogP contribution in [-0.2, 0) is 13.1 Å². The predicted octanol–water partition coefficient (Wildman–Crippen LogP) is 3.54. The van der Waals surface area contributed by atoms with E-state index in [1.54, 1.807) is 9.13 Å². The second-order valence-electron chi connectivity index (χ2n) is 5.54. The number of aromatic nitrogens is 2. The van der Waals surface area contributed by atoms with Crippen molar-refractivity contribution in [3.8, 4) is 0 Å². The number of aryl methyl sites for hydroxylation is 2. The zero-order valence-corrected chi connectivity index (χ0v) is 13.9. The Labute approximate surface area is 130 Å². The third-order valence-electron chi connectivity index (χ3n) is 4.39. The quantitative estimate of drug-likeness (QED) is 0.918. The first kappa shape index (κ1) is 16.1. The average Bonchev–Trinajstić information content (AvgIpc) is 2.74. The van der Waals surface area contributed by atoms with Crippen LogP contribution in [0.2, 0.25) is 5.02 Å². The molecule has 1 aromatic heterocycles. The lowest BCUT2D eigenvalue weighted by molar-refractivity contribution is 0.457. The Morgan fingerprint density at radius 1 is 1.14 bits per heavy atom. The fourth-order valence-electron chi connectivity index (χ4n) is 2.78. The summed E-state index contributed by atoms with van der Waals surface area (Å²) < 4.78 is 3.53. The first-order valence-electron chi connectivity index (χ1n) is 7.64. The van der Waals surface area contributed by atoms with E-state index in [0.717, 1.165) is 23.0 Å². The highest BCUT2D eigenvalue weighted by Gasteiger charge is 2.20. The van der Waals surface area contributed by atoms with Crippen LogP contribution < -0.4 is 11.4 Å². The van der Waals surface area contributed by atoms with Gasteiger partial charge in [-0.1, -0.05) is 31.9 Å². The van der Waals surface area contributed by atoms with Gasteiger partial charge >= 0.3 is 5.69 Å². The Morgan fingerprint density at radius 2 is 1.67 bits per heavy atom. The topological polar surface area (TPSA) is 52.9 Å². The smallest absolute Gasteiger partial charge is 0.324 e. The van der Waals surface area contributed by atoms with Crippen LogP contribution >= 0.6 is 11.6 Å². The standard InChI is InChI=1S/C16H24ClN3O/c1-5-10(4)15(18)11-8-13-14(9-12(11)17)20(7-3)16(21)19(13)6-2/h8-10,15H,5-7,18H2,1-4H3. The van der Waals surface area contributed by atoms with Gasteiger partial charge < -0.3 is 5.73 Å².